The van der Waals surface area contributed by atoms with E-state index in [0.717, 1.165) is 9.87 Å². The van der Waals surface area contributed by atoms with Gasteiger partial charge < -0.3 is 4.74 Å². The molecule has 8 nitrogen and oxygen atoms in total. The molecule has 0 saturated carbocycles. The minimum absolute atomic E-state index is 0.0175. The fraction of sp³-hybridized carbons (Fsp3) is 0.300. The number of rotatable bonds is 6. The number of benzene rings is 2. The fourth-order valence-corrected chi connectivity index (χ4v) is 4.55. The molecule has 2 aromatic carbocycles. The summed E-state index contributed by atoms with van der Waals surface area (Å²) in [5.74, 6) is -0.648. The van der Waals surface area contributed by atoms with Gasteiger partial charge in [0.05, 0.1) is 28.2 Å². The standard InChI is InChI=1S/C20H23N3O5S/c1-5-28-19(24)13-23(15-8-6-14(2)7-9-15)29(26,27)16-10-11-17-18(12-16)22(4)20(25)21(17)3/h6-12H,5,13H2,1-4H3. The summed E-state index contributed by atoms with van der Waals surface area (Å²) < 4.78 is 35.7. The molecule has 29 heavy (non-hydrogen) atoms. The van der Waals surface area contributed by atoms with Crippen LogP contribution in [0.25, 0.3) is 11.0 Å². The first kappa shape index (κ1) is 20.7. The SMILES string of the molecule is CCOC(=O)CN(c1ccc(C)cc1)S(=O)(=O)c1ccc2c(c1)n(C)c(=O)n2C. The van der Waals surface area contributed by atoms with E-state index in [2.05, 4.69) is 0 Å². The summed E-state index contributed by atoms with van der Waals surface area (Å²) in [7, 11) is -0.880. The number of carbonyl (C=O) groups is 1. The van der Waals surface area contributed by atoms with E-state index in [-0.39, 0.29) is 17.2 Å². The van der Waals surface area contributed by atoms with Crippen LogP contribution < -0.4 is 9.99 Å². The molecule has 1 heterocycles. The number of carbonyl (C=O) groups excluding carboxylic acids is 1. The van der Waals surface area contributed by atoms with Gasteiger partial charge in [-0.1, -0.05) is 17.7 Å². The first-order chi connectivity index (χ1) is 13.7. The predicted molar refractivity (Wildman–Crippen MR) is 111 cm³/mol. The van der Waals surface area contributed by atoms with Crippen molar-refractivity contribution in [1.82, 2.24) is 9.13 Å². The number of hydrogen-bond donors (Lipinski definition) is 0. The lowest BCUT2D eigenvalue weighted by molar-refractivity contribution is -0.141. The van der Waals surface area contributed by atoms with E-state index in [9.17, 15) is 18.0 Å². The van der Waals surface area contributed by atoms with Crippen LogP contribution in [0.2, 0.25) is 0 Å². The molecule has 0 amide bonds. The summed E-state index contributed by atoms with van der Waals surface area (Å²) >= 11 is 0. The summed E-state index contributed by atoms with van der Waals surface area (Å²) in [6.45, 7) is 3.24. The molecule has 3 aromatic rings. The molecule has 9 heteroatoms. The Labute approximate surface area is 169 Å². The van der Waals surface area contributed by atoms with Crippen LogP contribution in [0.5, 0.6) is 0 Å². The lowest BCUT2D eigenvalue weighted by atomic mass is 10.2. The number of aromatic nitrogens is 2. The lowest BCUT2D eigenvalue weighted by Crippen LogP contribution is -2.36. The number of nitrogens with zero attached hydrogens (tertiary/aromatic N) is 3. The van der Waals surface area contributed by atoms with Crippen LogP contribution in [0.4, 0.5) is 5.69 Å². The van der Waals surface area contributed by atoms with Gasteiger partial charge in [0.2, 0.25) is 0 Å². The second-order valence-electron chi connectivity index (χ2n) is 6.70. The Balaban J connectivity index is 2.14. The molecule has 0 spiro atoms. The molecule has 0 unspecified atom stereocenters. The highest BCUT2D eigenvalue weighted by Crippen LogP contribution is 2.26. The number of aryl methyl sites for hydroxylation is 3. The Bertz CT molecular complexity index is 1220. The van der Waals surface area contributed by atoms with E-state index in [1.807, 2.05) is 6.92 Å². The van der Waals surface area contributed by atoms with Gasteiger partial charge >= 0.3 is 11.7 Å². The molecule has 0 aliphatic rings. The molecule has 0 aliphatic heterocycles. The van der Waals surface area contributed by atoms with Gasteiger partial charge in [0.1, 0.15) is 6.54 Å². The summed E-state index contributed by atoms with van der Waals surface area (Å²) in [6, 6.07) is 11.3. The van der Waals surface area contributed by atoms with Gasteiger partial charge in [-0.3, -0.25) is 18.2 Å². The van der Waals surface area contributed by atoms with Crippen molar-refractivity contribution < 1.29 is 17.9 Å². The number of esters is 1. The van der Waals surface area contributed by atoms with Gasteiger partial charge in [-0.2, -0.15) is 0 Å². The van der Waals surface area contributed by atoms with Crippen LogP contribution in [-0.2, 0) is 33.7 Å². The zero-order valence-electron chi connectivity index (χ0n) is 16.7. The van der Waals surface area contributed by atoms with Gasteiger partial charge in [0, 0.05) is 14.1 Å². The van der Waals surface area contributed by atoms with Crippen molar-refractivity contribution in [2.45, 2.75) is 18.7 Å². The number of sulfonamides is 1. The molecule has 0 radical (unpaired) electrons. The van der Waals surface area contributed by atoms with Crippen LogP contribution in [-0.4, -0.2) is 36.7 Å². The van der Waals surface area contributed by atoms with E-state index in [0.29, 0.717) is 16.7 Å². The Morgan fingerprint density at radius 3 is 2.28 bits per heavy atom. The number of fused-ring (bicyclic) bond motifs is 1. The second kappa shape index (κ2) is 7.75. The van der Waals surface area contributed by atoms with Gasteiger partial charge in [-0.25, -0.2) is 13.2 Å². The number of anilines is 1. The van der Waals surface area contributed by atoms with E-state index >= 15 is 0 Å². The van der Waals surface area contributed by atoms with Gasteiger partial charge in [0.25, 0.3) is 10.0 Å². The van der Waals surface area contributed by atoms with Crippen LogP contribution in [0.15, 0.2) is 52.2 Å². The van der Waals surface area contributed by atoms with Crippen molar-refractivity contribution in [2.24, 2.45) is 14.1 Å². The number of ether oxygens (including phenoxy) is 1. The third kappa shape index (κ3) is 3.77. The Kier molecular flexibility index (Phi) is 5.52. The summed E-state index contributed by atoms with van der Waals surface area (Å²) in [5.41, 5.74) is 2.16. The zero-order valence-corrected chi connectivity index (χ0v) is 17.6. The maximum Gasteiger partial charge on any atom is 0.328 e. The monoisotopic (exact) mass is 417 g/mol. The highest BCUT2D eigenvalue weighted by atomic mass is 32.2. The van der Waals surface area contributed by atoms with Crippen molar-refractivity contribution in [3.63, 3.8) is 0 Å². The normalized spacial score (nSPS) is 11.6. The third-order valence-electron chi connectivity index (χ3n) is 4.73. The van der Waals surface area contributed by atoms with Crippen LogP contribution >= 0.6 is 0 Å². The first-order valence-electron chi connectivity index (χ1n) is 9.07. The van der Waals surface area contributed by atoms with Gasteiger partial charge in [0.15, 0.2) is 0 Å². The van der Waals surface area contributed by atoms with Crippen molar-refractivity contribution in [3.8, 4) is 0 Å². The fourth-order valence-electron chi connectivity index (χ4n) is 3.12. The van der Waals surface area contributed by atoms with Crippen molar-refractivity contribution in [1.29, 1.82) is 0 Å². The van der Waals surface area contributed by atoms with Gasteiger partial charge in [-0.05, 0) is 44.2 Å². The van der Waals surface area contributed by atoms with Crippen LogP contribution in [0, 0.1) is 6.92 Å². The first-order valence-corrected chi connectivity index (χ1v) is 10.5. The van der Waals surface area contributed by atoms with Crippen molar-refractivity contribution in [3.05, 3.63) is 58.5 Å². The number of imidazole rings is 1. The quantitative estimate of drug-likeness (QED) is 0.572. The molecule has 0 bridgehead atoms. The average Bonchev–Trinajstić information content (AvgIpc) is 2.91. The number of hydrogen-bond acceptors (Lipinski definition) is 5. The zero-order chi connectivity index (χ0) is 21.3. The van der Waals surface area contributed by atoms with E-state index in [1.54, 1.807) is 51.4 Å². The molecular weight excluding hydrogens is 394 g/mol. The average molecular weight is 417 g/mol. The molecule has 0 N–H and O–H groups in total. The minimum Gasteiger partial charge on any atom is -0.465 e. The molecule has 0 aliphatic carbocycles. The highest BCUT2D eigenvalue weighted by molar-refractivity contribution is 7.92. The molecule has 0 saturated heterocycles. The predicted octanol–water partition coefficient (Wildman–Crippen LogP) is 1.94. The summed E-state index contributed by atoms with van der Waals surface area (Å²) in [5, 5.41) is 0. The summed E-state index contributed by atoms with van der Waals surface area (Å²) in [4.78, 5) is 24.3. The van der Waals surface area contributed by atoms with Crippen molar-refractivity contribution >= 4 is 32.7 Å². The topological polar surface area (TPSA) is 90.6 Å². The summed E-state index contributed by atoms with van der Waals surface area (Å²) in [6.07, 6.45) is 0. The molecular formula is C20H23N3O5S. The Morgan fingerprint density at radius 2 is 1.66 bits per heavy atom. The van der Waals surface area contributed by atoms with Crippen molar-refractivity contribution in [2.75, 3.05) is 17.5 Å². The smallest absolute Gasteiger partial charge is 0.328 e. The minimum atomic E-state index is -4.08. The maximum atomic E-state index is 13.4. The van der Waals surface area contributed by atoms with Gasteiger partial charge in [-0.15, -0.1) is 0 Å². The molecule has 0 fully saturated rings. The van der Waals surface area contributed by atoms with Crippen LogP contribution in [0.3, 0.4) is 0 Å². The molecule has 3 rings (SSSR count). The molecule has 154 valence electrons. The van der Waals surface area contributed by atoms with E-state index < -0.39 is 22.5 Å². The van der Waals surface area contributed by atoms with E-state index in [4.69, 9.17) is 4.74 Å². The Hall–Kier alpha value is -3.07. The largest absolute Gasteiger partial charge is 0.465 e. The highest BCUT2D eigenvalue weighted by Gasteiger charge is 2.28. The Morgan fingerprint density at radius 1 is 1.03 bits per heavy atom. The second-order valence-corrected chi connectivity index (χ2v) is 8.57. The van der Waals surface area contributed by atoms with Crippen LogP contribution in [0.1, 0.15) is 12.5 Å². The maximum absolute atomic E-state index is 13.4. The van der Waals surface area contributed by atoms with E-state index in [1.165, 1.54) is 21.3 Å². The lowest BCUT2D eigenvalue weighted by Gasteiger charge is -2.24. The molecule has 1 aromatic heterocycles. The molecule has 0 atom stereocenters. The third-order valence-corrected chi connectivity index (χ3v) is 6.50.